The molecule has 1 N–H and O–H groups in total. The number of carbonyl (C=O) groups excluding carboxylic acids is 1. The van der Waals surface area contributed by atoms with Crippen molar-refractivity contribution in [2.45, 2.75) is 70.1 Å². The van der Waals surface area contributed by atoms with Gasteiger partial charge in [0.15, 0.2) is 5.82 Å². The highest BCUT2D eigenvalue weighted by Gasteiger charge is 2.43. The average molecular weight is 491 g/mol. The van der Waals surface area contributed by atoms with Crippen LogP contribution in [0, 0.1) is 18.2 Å². The topological polar surface area (TPSA) is 59.4 Å². The molecule has 2 aromatic carbocycles. The van der Waals surface area contributed by atoms with Gasteiger partial charge in [-0.05, 0) is 63.6 Å². The van der Waals surface area contributed by atoms with Crippen LogP contribution in [0.5, 0.6) is 0 Å². The monoisotopic (exact) mass is 490 g/mol. The van der Waals surface area contributed by atoms with E-state index in [1.54, 1.807) is 6.07 Å². The van der Waals surface area contributed by atoms with E-state index in [-0.39, 0.29) is 17.8 Å². The zero-order valence-corrected chi connectivity index (χ0v) is 21.1. The Labute approximate surface area is 211 Å². The van der Waals surface area contributed by atoms with E-state index in [1.807, 2.05) is 38.1 Å². The molecule has 4 heterocycles. The van der Waals surface area contributed by atoms with Gasteiger partial charge < -0.3 is 14.6 Å². The lowest BCUT2D eigenvalue weighted by Crippen LogP contribution is -2.53. The summed E-state index contributed by atoms with van der Waals surface area (Å²) in [7, 11) is 0. The van der Waals surface area contributed by atoms with Crippen LogP contribution in [0.15, 0.2) is 48.5 Å². The summed E-state index contributed by atoms with van der Waals surface area (Å²) in [6.45, 7) is 5.91. The maximum Gasteiger partial charge on any atom is 0.231 e. The minimum Gasteiger partial charge on any atom is -0.379 e. The van der Waals surface area contributed by atoms with Gasteiger partial charge in [0, 0.05) is 24.7 Å². The highest BCUT2D eigenvalue weighted by Crippen LogP contribution is 2.43. The number of halogens is 1. The number of hydrogen-bond acceptors (Lipinski definition) is 4. The van der Waals surface area contributed by atoms with Crippen molar-refractivity contribution in [2.24, 2.45) is 5.41 Å². The summed E-state index contributed by atoms with van der Waals surface area (Å²) in [6.07, 6.45) is 5.37. The van der Waals surface area contributed by atoms with E-state index < -0.39 is 5.41 Å². The van der Waals surface area contributed by atoms with Gasteiger partial charge in [0.1, 0.15) is 11.3 Å². The lowest BCUT2D eigenvalue weighted by atomic mass is 9.87. The third-order valence-electron chi connectivity index (χ3n) is 8.64. The van der Waals surface area contributed by atoms with Gasteiger partial charge in [-0.15, -0.1) is 0 Å². The smallest absolute Gasteiger partial charge is 0.231 e. The number of amides is 1. The van der Waals surface area contributed by atoms with Crippen LogP contribution >= 0.6 is 0 Å². The van der Waals surface area contributed by atoms with Crippen LogP contribution in [0.4, 0.5) is 4.39 Å². The first-order chi connectivity index (χ1) is 17.4. The molecule has 2 bridgehead atoms. The fourth-order valence-electron chi connectivity index (χ4n) is 6.64. The molecule has 6 rings (SSSR count). The van der Waals surface area contributed by atoms with E-state index >= 15 is 0 Å². The quantitative estimate of drug-likeness (QED) is 0.510. The molecule has 190 valence electrons. The van der Waals surface area contributed by atoms with Crippen molar-refractivity contribution in [1.29, 1.82) is 0 Å². The second-order valence-corrected chi connectivity index (χ2v) is 11.2. The normalized spacial score (nSPS) is 26.0. The number of rotatable bonds is 7. The van der Waals surface area contributed by atoms with Gasteiger partial charge in [-0.2, -0.15) is 0 Å². The molecule has 4 atom stereocenters. The average Bonchev–Trinajstić information content (AvgIpc) is 3.32. The molecule has 3 aliphatic heterocycles. The number of benzene rings is 2. The predicted molar refractivity (Wildman–Crippen MR) is 137 cm³/mol. The van der Waals surface area contributed by atoms with E-state index in [4.69, 9.17) is 4.74 Å². The lowest BCUT2D eigenvalue weighted by molar-refractivity contribution is -0.158. The molecule has 0 radical (unpaired) electrons. The number of nitrogens with one attached hydrogen (secondary N) is 1. The molecule has 0 saturated carbocycles. The molecular weight excluding hydrogens is 455 g/mol. The predicted octanol–water partition coefficient (Wildman–Crippen LogP) is 4.94. The van der Waals surface area contributed by atoms with E-state index in [0.29, 0.717) is 36.9 Å². The molecule has 1 aromatic heterocycles. The number of carbonyl (C=O) groups is 1. The van der Waals surface area contributed by atoms with Crippen molar-refractivity contribution in [1.82, 2.24) is 19.8 Å². The van der Waals surface area contributed by atoms with Gasteiger partial charge >= 0.3 is 0 Å². The van der Waals surface area contributed by atoms with E-state index in [9.17, 15) is 9.18 Å². The highest BCUT2D eigenvalue weighted by atomic mass is 19.1. The Bertz CT molecular complexity index is 1240. The molecule has 3 aliphatic rings. The zero-order chi connectivity index (χ0) is 24.9. The van der Waals surface area contributed by atoms with E-state index in [2.05, 4.69) is 31.9 Å². The minimum atomic E-state index is -0.421. The van der Waals surface area contributed by atoms with Gasteiger partial charge in [-0.25, -0.2) is 9.37 Å². The maximum atomic E-state index is 14.4. The molecule has 3 aromatic rings. The number of fused-ring (bicyclic) bond motifs is 3. The third kappa shape index (κ3) is 4.12. The largest absolute Gasteiger partial charge is 0.379 e. The number of hydrogen-bond donors (Lipinski definition) is 1. The fourth-order valence-corrected chi connectivity index (χ4v) is 6.64. The molecule has 1 amide bonds. The van der Waals surface area contributed by atoms with Gasteiger partial charge in [0.25, 0.3) is 0 Å². The SMILES string of the molecule is Cc1nc2c(F)cccc2n1C1C[C@H]2CC[C@@H](C1)N2CC[C@H](NC(=O)C1(C)COC1)c1ccccc1. The van der Waals surface area contributed by atoms with Crippen LogP contribution in [-0.2, 0) is 9.53 Å². The third-order valence-corrected chi connectivity index (χ3v) is 8.64. The minimum absolute atomic E-state index is 0.0175. The second-order valence-electron chi connectivity index (χ2n) is 11.2. The van der Waals surface area contributed by atoms with Crippen LogP contribution in [-0.4, -0.2) is 52.2 Å². The van der Waals surface area contributed by atoms with Crippen molar-refractivity contribution in [3.8, 4) is 0 Å². The standard InChI is InChI=1S/C29H35FN4O2/c1-19-31-27-24(30)9-6-10-26(27)34(19)23-15-21-11-12-22(16-23)33(21)14-13-25(20-7-4-3-5-8-20)32-28(35)29(2)17-36-18-29/h3-10,21-23,25H,11-18H2,1-2H3,(H,32,35)/t21-,22+,23?,25-/m0/s1. The van der Waals surface area contributed by atoms with Crippen molar-refractivity contribution < 1.29 is 13.9 Å². The Balaban J connectivity index is 1.17. The first-order valence-corrected chi connectivity index (χ1v) is 13.3. The molecule has 6 nitrogen and oxygen atoms in total. The summed E-state index contributed by atoms with van der Waals surface area (Å²) < 4.78 is 22.0. The Morgan fingerprint density at radius 3 is 2.50 bits per heavy atom. The van der Waals surface area contributed by atoms with E-state index in [1.165, 1.54) is 18.9 Å². The fraction of sp³-hybridized carbons (Fsp3) is 0.517. The Morgan fingerprint density at radius 2 is 1.83 bits per heavy atom. The highest BCUT2D eigenvalue weighted by molar-refractivity contribution is 5.83. The van der Waals surface area contributed by atoms with Crippen LogP contribution in [0.2, 0.25) is 0 Å². The summed E-state index contributed by atoms with van der Waals surface area (Å²) in [5.74, 6) is 0.735. The number of aryl methyl sites for hydroxylation is 1. The number of nitrogens with zero attached hydrogens (tertiary/aromatic N) is 3. The molecule has 3 fully saturated rings. The van der Waals surface area contributed by atoms with Crippen molar-refractivity contribution in [2.75, 3.05) is 19.8 Å². The molecular formula is C29H35FN4O2. The number of piperidine rings is 1. The van der Waals surface area contributed by atoms with Gasteiger partial charge in [-0.1, -0.05) is 36.4 Å². The van der Waals surface area contributed by atoms with Crippen molar-refractivity contribution >= 4 is 16.9 Å². The Kier molecular flexibility index (Phi) is 6.08. The summed E-state index contributed by atoms with van der Waals surface area (Å²) in [5, 5.41) is 3.34. The van der Waals surface area contributed by atoms with E-state index in [0.717, 1.165) is 42.7 Å². The summed E-state index contributed by atoms with van der Waals surface area (Å²) in [6, 6.07) is 16.9. The second kappa shape index (κ2) is 9.27. The molecule has 0 spiro atoms. The summed E-state index contributed by atoms with van der Waals surface area (Å²) in [5.41, 5.74) is 2.12. The van der Waals surface area contributed by atoms with Crippen molar-refractivity contribution in [3.05, 3.63) is 65.7 Å². The van der Waals surface area contributed by atoms with Crippen LogP contribution in [0.1, 0.15) is 62.5 Å². The maximum absolute atomic E-state index is 14.4. The number of imidazole rings is 1. The lowest BCUT2D eigenvalue weighted by Gasteiger charge is -2.41. The van der Waals surface area contributed by atoms with Crippen LogP contribution in [0.3, 0.4) is 0 Å². The Hall–Kier alpha value is -2.77. The first kappa shape index (κ1) is 23.6. The molecule has 7 heteroatoms. The summed E-state index contributed by atoms with van der Waals surface area (Å²) in [4.78, 5) is 20.2. The van der Waals surface area contributed by atoms with Gasteiger partial charge in [-0.3, -0.25) is 9.69 Å². The molecule has 1 unspecified atom stereocenters. The number of aromatic nitrogens is 2. The van der Waals surface area contributed by atoms with Crippen molar-refractivity contribution in [3.63, 3.8) is 0 Å². The van der Waals surface area contributed by atoms with Gasteiger partial charge in [0.05, 0.1) is 30.2 Å². The number of para-hydroxylation sites is 1. The van der Waals surface area contributed by atoms with Gasteiger partial charge in [0.2, 0.25) is 5.91 Å². The summed E-state index contributed by atoms with van der Waals surface area (Å²) >= 11 is 0. The van der Waals surface area contributed by atoms with Crippen LogP contribution in [0.25, 0.3) is 11.0 Å². The molecule has 0 aliphatic carbocycles. The molecule has 3 saturated heterocycles. The first-order valence-electron chi connectivity index (χ1n) is 13.3. The zero-order valence-electron chi connectivity index (χ0n) is 21.1. The molecule has 36 heavy (non-hydrogen) atoms. The number of ether oxygens (including phenoxy) is 1. The Morgan fingerprint density at radius 1 is 1.11 bits per heavy atom. The van der Waals surface area contributed by atoms with Crippen LogP contribution < -0.4 is 5.32 Å².